The Balaban J connectivity index is 1.80. The second-order valence-electron chi connectivity index (χ2n) is 7.38. The summed E-state index contributed by atoms with van der Waals surface area (Å²) in [5, 5.41) is 12.6. The molecule has 29 heavy (non-hydrogen) atoms. The molecule has 1 unspecified atom stereocenters. The SMILES string of the molecule is Cc1[nH]c2c(c1C(=O)O)C(c1ccccc1)C/C2=C1/C(=O)Nc2ccc(F)cc21. The Morgan fingerprint density at radius 1 is 1.17 bits per heavy atom. The Bertz CT molecular complexity index is 1220. The molecule has 3 aromatic rings. The van der Waals surface area contributed by atoms with Gasteiger partial charge >= 0.3 is 5.97 Å². The van der Waals surface area contributed by atoms with Gasteiger partial charge in [0.15, 0.2) is 0 Å². The molecule has 2 heterocycles. The van der Waals surface area contributed by atoms with E-state index in [0.29, 0.717) is 45.8 Å². The standard InChI is InChI=1S/C23H17FN2O3/c1-11-18(23(28)29)20-14(12-5-3-2-4-6-12)10-16(21(20)25-11)19-15-9-13(24)7-8-17(15)26-22(19)27/h2-9,14,25H,10H2,1H3,(H,26,27)(H,28,29)/b19-16-. The van der Waals surface area contributed by atoms with Crippen LogP contribution >= 0.6 is 0 Å². The van der Waals surface area contributed by atoms with Gasteiger partial charge in [0.25, 0.3) is 5.91 Å². The van der Waals surface area contributed by atoms with Gasteiger partial charge in [-0.15, -0.1) is 0 Å². The molecule has 0 spiro atoms. The number of amides is 1. The lowest BCUT2D eigenvalue weighted by Crippen LogP contribution is -2.06. The van der Waals surface area contributed by atoms with Crippen LogP contribution in [0.1, 0.15) is 50.8 Å². The second kappa shape index (κ2) is 6.17. The van der Waals surface area contributed by atoms with E-state index >= 15 is 0 Å². The Kier molecular flexibility index (Phi) is 3.71. The highest BCUT2D eigenvalue weighted by Gasteiger charge is 2.39. The monoisotopic (exact) mass is 388 g/mol. The molecule has 5 nitrogen and oxygen atoms in total. The van der Waals surface area contributed by atoms with E-state index in [1.807, 2.05) is 30.3 Å². The van der Waals surface area contributed by atoms with E-state index < -0.39 is 11.8 Å². The lowest BCUT2D eigenvalue weighted by molar-refractivity contribution is -0.110. The van der Waals surface area contributed by atoms with Crippen molar-refractivity contribution >= 4 is 28.7 Å². The van der Waals surface area contributed by atoms with Gasteiger partial charge in [-0.05, 0) is 48.2 Å². The first-order valence-corrected chi connectivity index (χ1v) is 9.31. The first kappa shape index (κ1) is 17.4. The van der Waals surface area contributed by atoms with Gasteiger partial charge in [0.05, 0.1) is 11.1 Å². The smallest absolute Gasteiger partial charge is 0.337 e. The van der Waals surface area contributed by atoms with E-state index in [9.17, 15) is 19.1 Å². The second-order valence-corrected chi connectivity index (χ2v) is 7.38. The molecular weight excluding hydrogens is 371 g/mol. The molecule has 144 valence electrons. The zero-order valence-corrected chi connectivity index (χ0v) is 15.5. The van der Waals surface area contributed by atoms with Gasteiger partial charge in [-0.2, -0.15) is 0 Å². The molecule has 0 saturated carbocycles. The fraction of sp³-hybridized carbons (Fsp3) is 0.130. The summed E-state index contributed by atoms with van der Waals surface area (Å²) in [5.74, 6) is -1.93. The number of carbonyl (C=O) groups excluding carboxylic acids is 1. The van der Waals surface area contributed by atoms with Crippen LogP contribution in [0.25, 0.3) is 11.1 Å². The zero-order valence-electron chi connectivity index (χ0n) is 15.5. The maximum absolute atomic E-state index is 13.9. The summed E-state index contributed by atoms with van der Waals surface area (Å²) in [4.78, 5) is 28.0. The van der Waals surface area contributed by atoms with Gasteiger partial charge in [0.2, 0.25) is 0 Å². The van der Waals surface area contributed by atoms with Crippen molar-refractivity contribution in [2.24, 2.45) is 0 Å². The molecule has 2 aromatic carbocycles. The van der Waals surface area contributed by atoms with Gasteiger partial charge < -0.3 is 15.4 Å². The topological polar surface area (TPSA) is 82.2 Å². The first-order valence-electron chi connectivity index (χ1n) is 9.31. The number of hydrogen-bond acceptors (Lipinski definition) is 2. The number of aromatic nitrogens is 1. The van der Waals surface area contributed by atoms with Crippen LogP contribution < -0.4 is 5.32 Å². The van der Waals surface area contributed by atoms with Gasteiger partial charge in [-0.1, -0.05) is 30.3 Å². The van der Waals surface area contributed by atoms with Crippen molar-refractivity contribution in [1.29, 1.82) is 0 Å². The minimum atomic E-state index is -1.01. The molecule has 0 saturated heterocycles. The van der Waals surface area contributed by atoms with E-state index in [0.717, 1.165) is 5.56 Å². The third-order valence-corrected chi connectivity index (χ3v) is 5.73. The molecule has 0 bridgehead atoms. The highest BCUT2D eigenvalue weighted by Crippen LogP contribution is 2.51. The van der Waals surface area contributed by atoms with E-state index in [1.165, 1.54) is 12.1 Å². The Morgan fingerprint density at radius 3 is 2.66 bits per heavy atom. The predicted molar refractivity (Wildman–Crippen MR) is 107 cm³/mol. The number of allylic oxidation sites excluding steroid dienone is 1. The van der Waals surface area contributed by atoms with Crippen molar-refractivity contribution in [2.45, 2.75) is 19.3 Å². The van der Waals surface area contributed by atoms with Crippen LogP contribution in [0.15, 0.2) is 48.5 Å². The normalized spacial score (nSPS) is 19.8. The minimum absolute atomic E-state index is 0.199. The van der Waals surface area contributed by atoms with E-state index in [1.54, 1.807) is 13.0 Å². The largest absolute Gasteiger partial charge is 0.478 e. The summed E-state index contributed by atoms with van der Waals surface area (Å²) in [6, 6.07) is 13.8. The molecule has 1 amide bonds. The molecular formula is C23H17FN2O3. The lowest BCUT2D eigenvalue weighted by Gasteiger charge is -2.12. The van der Waals surface area contributed by atoms with Crippen molar-refractivity contribution in [3.63, 3.8) is 0 Å². The van der Waals surface area contributed by atoms with Gasteiger partial charge in [0, 0.05) is 28.6 Å². The number of rotatable bonds is 2. The average molecular weight is 388 g/mol. The molecule has 0 radical (unpaired) electrons. The molecule has 3 N–H and O–H groups in total. The Labute approximate surface area is 165 Å². The molecule has 0 fully saturated rings. The molecule has 1 aliphatic heterocycles. The maximum atomic E-state index is 13.9. The number of H-pyrrole nitrogens is 1. The molecule has 6 heteroatoms. The summed E-state index contributed by atoms with van der Waals surface area (Å²) in [6.07, 6.45) is 0.463. The average Bonchev–Trinajstić information content (AvgIpc) is 3.31. The van der Waals surface area contributed by atoms with Gasteiger partial charge in [0.1, 0.15) is 5.82 Å². The number of aryl methyl sites for hydroxylation is 1. The van der Waals surface area contributed by atoms with E-state index in [-0.39, 0.29) is 17.4 Å². The van der Waals surface area contributed by atoms with E-state index in [2.05, 4.69) is 10.3 Å². The highest BCUT2D eigenvalue weighted by atomic mass is 19.1. The summed E-state index contributed by atoms with van der Waals surface area (Å²) in [6.45, 7) is 1.72. The minimum Gasteiger partial charge on any atom is -0.478 e. The molecule has 5 rings (SSSR count). The van der Waals surface area contributed by atoms with Crippen LogP contribution in [0.2, 0.25) is 0 Å². The number of anilines is 1. The van der Waals surface area contributed by atoms with Crippen molar-refractivity contribution in [1.82, 2.24) is 4.98 Å². The third-order valence-electron chi connectivity index (χ3n) is 5.73. The highest BCUT2D eigenvalue weighted by molar-refractivity contribution is 6.37. The number of aromatic carboxylic acids is 1. The molecule has 1 aromatic heterocycles. The Hall–Kier alpha value is -3.67. The van der Waals surface area contributed by atoms with Crippen molar-refractivity contribution < 1.29 is 19.1 Å². The predicted octanol–water partition coefficient (Wildman–Crippen LogP) is 4.56. The van der Waals surface area contributed by atoms with Crippen LogP contribution in [0, 0.1) is 12.7 Å². The Morgan fingerprint density at radius 2 is 1.93 bits per heavy atom. The zero-order chi connectivity index (χ0) is 20.3. The number of benzene rings is 2. The fourth-order valence-corrected chi connectivity index (χ4v) is 4.55. The van der Waals surface area contributed by atoms with Crippen LogP contribution in [0.5, 0.6) is 0 Å². The summed E-state index contributed by atoms with van der Waals surface area (Å²) in [5.41, 5.74) is 5.27. The van der Waals surface area contributed by atoms with Crippen molar-refractivity contribution in [3.8, 4) is 0 Å². The number of aromatic amines is 1. The summed E-state index contributed by atoms with van der Waals surface area (Å²) < 4.78 is 13.9. The van der Waals surface area contributed by atoms with Crippen LogP contribution in [0.4, 0.5) is 10.1 Å². The number of carboxylic acids is 1. The van der Waals surface area contributed by atoms with Gasteiger partial charge in [-0.25, -0.2) is 9.18 Å². The third kappa shape index (κ3) is 2.52. The molecule has 2 aliphatic rings. The lowest BCUT2D eigenvalue weighted by atomic mass is 9.90. The molecule has 1 atom stereocenters. The van der Waals surface area contributed by atoms with Gasteiger partial charge in [-0.3, -0.25) is 4.79 Å². The number of carboxylic acid groups (broad SMARTS) is 1. The van der Waals surface area contributed by atoms with E-state index in [4.69, 9.17) is 0 Å². The van der Waals surface area contributed by atoms with Crippen LogP contribution in [-0.4, -0.2) is 22.0 Å². The maximum Gasteiger partial charge on any atom is 0.337 e. The number of hydrogen-bond donors (Lipinski definition) is 3. The summed E-state index contributed by atoms with van der Waals surface area (Å²) in [7, 11) is 0. The fourth-order valence-electron chi connectivity index (χ4n) is 4.55. The van der Waals surface area contributed by atoms with Crippen molar-refractivity contribution in [3.05, 3.63) is 88.0 Å². The summed E-state index contributed by atoms with van der Waals surface area (Å²) >= 11 is 0. The number of halogens is 1. The molecule has 1 aliphatic carbocycles. The number of carbonyl (C=O) groups is 2. The number of nitrogens with one attached hydrogen (secondary N) is 2. The number of fused-ring (bicyclic) bond motifs is 2. The van der Waals surface area contributed by atoms with Crippen molar-refractivity contribution in [2.75, 3.05) is 5.32 Å². The quantitative estimate of drug-likeness (QED) is 0.563. The first-order chi connectivity index (χ1) is 14.0. The van der Waals surface area contributed by atoms with Crippen LogP contribution in [-0.2, 0) is 4.79 Å². The van der Waals surface area contributed by atoms with Crippen LogP contribution in [0.3, 0.4) is 0 Å².